The van der Waals surface area contributed by atoms with Crippen LogP contribution in [0.3, 0.4) is 0 Å². The van der Waals surface area contributed by atoms with Gasteiger partial charge in [0.1, 0.15) is 6.61 Å². The molecule has 0 saturated heterocycles. The zero-order valence-electron chi connectivity index (χ0n) is 15.1. The number of rotatable bonds is 4. The number of carbonyl (C=O) groups excluding carboxylic acids is 1. The molecule has 1 aliphatic carbocycles. The van der Waals surface area contributed by atoms with Gasteiger partial charge in [-0.1, -0.05) is 54.6 Å². The minimum Gasteiger partial charge on any atom is -0.448 e. The van der Waals surface area contributed by atoms with E-state index in [1.165, 1.54) is 22.3 Å². The number of aryl methyl sites for hydroxylation is 1. The Bertz CT molecular complexity index is 951. The van der Waals surface area contributed by atoms with Gasteiger partial charge in [0.05, 0.1) is 6.61 Å². The summed E-state index contributed by atoms with van der Waals surface area (Å²) in [7, 11) is 0. The van der Waals surface area contributed by atoms with Crippen LogP contribution in [0.15, 0.2) is 66.7 Å². The molecule has 136 valence electrons. The average molecular weight is 359 g/mol. The Balaban J connectivity index is 1.48. The number of benzene rings is 3. The third-order valence-corrected chi connectivity index (χ3v) is 5.11. The van der Waals surface area contributed by atoms with E-state index in [2.05, 4.69) is 29.6 Å². The standard InChI is InChI=1S/C23H21NO3/c1-15-10-11-17(12-16(15)13-25)24-23(26)27-14-22-20-8-4-2-6-18(20)19-7-3-5-9-21(19)22/h2-12,22,25H,13-14H2,1H3,(H,24,26). The number of nitrogens with one attached hydrogen (secondary N) is 1. The predicted molar refractivity (Wildman–Crippen MR) is 106 cm³/mol. The van der Waals surface area contributed by atoms with Crippen LogP contribution in [0.5, 0.6) is 0 Å². The summed E-state index contributed by atoms with van der Waals surface area (Å²) >= 11 is 0. The fourth-order valence-electron chi connectivity index (χ4n) is 3.67. The fraction of sp³-hybridized carbons (Fsp3) is 0.174. The van der Waals surface area contributed by atoms with Crippen LogP contribution in [-0.2, 0) is 11.3 Å². The molecule has 3 aromatic carbocycles. The normalized spacial score (nSPS) is 12.4. The summed E-state index contributed by atoms with van der Waals surface area (Å²) in [5.41, 5.74) is 7.15. The number of hydrogen-bond donors (Lipinski definition) is 2. The molecule has 0 unspecified atom stereocenters. The van der Waals surface area contributed by atoms with Gasteiger partial charge in [0.2, 0.25) is 0 Å². The summed E-state index contributed by atoms with van der Waals surface area (Å²) in [6.45, 7) is 2.13. The highest BCUT2D eigenvalue weighted by Gasteiger charge is 2.28. The second-order valence-corrected chi connectivity index (χ2v) is 6.75. The Hall–Kier alpha value is -3.11. The van der Waals surface area contributed by atoms with Crippen molar-refractivity contribution in [3.63, 3.8) is 0 Å². The van der Waals surface area contributed by atoms with Crippen molar-refractivity contribution in [3.05, 3.63) is 89.0 Å². The molecule has 1 aliphatic rings. The van der Waals surface area contributed by atoms with Crippen molar-refractivity contribution in [2.24, 2.45) is 0 Å². The van der Waals surface area contributed by atoms with Gasteiger partial charge in [0.15, 0.2) is 0 Å². The van der Waals surface area contributed by atoms with Crippen molar-refractivity contribution in [1.29, 1.82) is 0 Å². The Morgan fingerprint density at radius 2 is 1.63 bits per heavy atom. The van der Waals surface area contributed by atoms with Crippen molar-refractivity contribution >= 4 is 11.8 Å². The lowest BCUT2D eigenvalue weighted by Gasteiger charge is -2.15. The van der Waals surface area contributed by atoms with Crippen LogP contribution in [0.2, 0.25) is 0 Å². The molecule has 4 nitrogen and oxygen atoms in total. The number of anilines is 1. The summed E-state index contributed by atoms with van der Waals surface area (Å²) in [5.74, 6) is 0.0363. The topological polar surface area (TPSA) is 58.6 Å². The first-order valence-corrected chi connectivity index (χ1v) is 9.00. The monoisotopic (exact) mass is 359 g/mol. The molecular formula is C23H21NO3. The number of aliphatic hydroxyl groups excluding tert-OH is 1. The van der Waals surface area contributed by atoms with Crippen LogP contribution in [-0.4, -0.2) is 17.8 Å². The molecule has 0 bridgehead atoms. The molecule has 4 rings (SSSR count). The third kappa shape index (κ3) is 3.32. The first-order valence-electron chi connectivity index (χ1n) is 9.00. The molecular weight excluding hydrogens is 338 g/mol. The fourth-order valence-corrected chi connectivity index (χ4v) is 3.67. The van der Waals surface area contributed by atoms with Crippen molar-refractivity contribution in [2.45, 2.75) is 19.4 Å². The van der Waals surface area contributed by atoms with E-state index in [-0.39, 0.29) is 19.1 Å². The lowest BCUT2D eigenvalue weighted by molar-refractivity contribution is 0.158. The molecule has 4 heteroatoms. The number of fused-ring (bicyclic) bond motifs is 3. The SMILES string of the molecule is Cc1ccc(NC(=O)OCC2c3ccccc3-c3ccccc32)cc1CO. The molecule has 0 saturated carbocycles. The molecule has 0 fully saturated rings. The molecule has 0 atom stereocenters. The van der Waals surface area contributed by atoms with Crippen molar-refractivity contribution < 1.29 is 14.6 Å². The van der Waals surface area contributed by atoms with Crippen LogP contribution in [0.25, 0.3) is 11.1 Å². The van der Waals surface area contributed by atoms with Crippen LogP contribution < -0.4 is 5.32 Å². The molecule has 0 heterocycles. The van der Waals surface area contributed by atoms with Gasteiger partial charge in [-0.3, -0.25) is 5.32 Å². The Kier molecular flexibility index (Phi) is 4.65. The van der Waals surface area contributed by atoms with E-state index < -0.39 is 6.09 Å². The second kappa shape index (κ2) is 7.25. The quantitative estimate of drug-likeness (QED) is 0.700. The molecule has 3 aromatic rings. The number of ether oxygens (including phenoxy) is 1. The Labute approximate surface area is 158 Å². The third-order valence-electron chi connectivity index (χ3n) is 5.11. The summed E-state index contributed by atoms with van der Waals surface area (Å²) in [6, 6.07) is 21.9. The maximum Gasteiger partial charge on any atom is 0.411 e. The molecule has 2 N–H and O–H groups in total. The second-order valence-electron chi connectivity index (χ2n) is 6.75. The molecule has 1 amide bonds. The maximum absolute atomic E-state index is 12.3. The first-order chi connectivity index (χ1) is 13.2. The lowest BCUT2D eigenvalue weighted by Crippen LogP contribution is -2.18. The highest BCUT2D eigenvalue weighted by atomic mass is 16.5. The molecule has 27 heavy (non-hydrogen) atoms. The van der Waals surface area contributed by atoms with E-state index in [0.717, 1.165) is 11.1 Å². The van der Waals surface area contributed by atoms with Gasteiger partial charge in [0, 0.05) is 11.6 Å². The smallest absolute Gasteiger partial charge is 0.411 e. The highest BCUT2D eigenvalue weighted by Crippen LogP contribution is 2.44. The van der Waals surface area contributed by atoms with Gasteiger partial charge in [-0.05, 0) is 52.4 Å². The maximum atomic E-state index is 12.3. The zero-order valence-corrected chi connectivity index (χ0v) is 15.1. The zero-order chi connectivity index (χ0) is 18.8. The van der Waals surface area contributed by atoms with Gasteiger partial charge in [0.25, 0.3) is 0 Å². The summed E-state index contributed by atoms with van der Waals surface area (Å²) in [4.78, 5) is 12.3. The van der Waals surface area contributed by atoms with E-state index in [4.69, 9.17) is 4.74 Å². The lowest BCUT2D eigenvalue weighted by atomic mass is 9.98. The van der Waals surface area contributed by atoms with Crippen molar-refractivity contribution in [1.82, 2.24) is 0 Å². The largest absolute Gasteiger partial charge is 0.448 e. The van der Waals surface area contributed by atoms with Gasteiger partial charge in [-0.15, -0.1) is 0 Å². The van der Waals surface area contributed by atoms with Crippen molar-refractivity contribution in [2.75, 3.05) is 11.9 Å². The average Bonchev–Trinajstić information content (AvgIpc) is 3.02. The van der Waals surface area contributed by atoms with Crippen LogP contribution in [0.4, 0.5) is 10.5 Å². The predicted octanol–water partition coefficient (Wildman–Crippen LogP) is 4.85. The van der Waals surface area contributed by atoms with E-state index >= 15 is 0 Å². The first kappa shape index (κ1) is 17.3. The van der Waals surface area contributed by atoms with E-state index in [1.807, 2.05) is 37.3 Å². The molecule has 0 aromatic heterocycles. The Morgan fingerprint density at radius 3 is 2.26 bits per heavy atom. The summed E-state index contributed by atoms with van der Waals surface area (Å²) < 4.78 is 5.53. The number of aliphatic hydroxyl groups is 1. The number of hydrogen-bond acceptors (Lipinski definition) is 3. The summed E-state index contributed by atoms with van der Waals surface area (Å²) in [5, 5.41) is 12.1. The van der Waals surface area contributed by atoms with Gasteiger partial charge >= 0.3 is 6.09 Å². The summed E-state index contributed by atoms with van der Waals surface area (Å²) in [6.07, 6.45) is -0.496. The number of carbonyl (C=O) groups is 1. The van der Waals surface area contributed by atoms with E-state index in [0.29, 0.717) is 5.69 Å². The molecule has 0 radical (unpaired) electrons. The van der Waals surface area contributed by atoms with Crippen LogP contribution in [0.1, 0.15) is 28.2 Å². The highest BCUT2D eigenvalue weighted by molar-refractivity contribution is 5.85. The Morgan fingerprint density at radius 1 is 1.00 bits per heavy atom. The molecule has 0 aliphatic heterocycles. The van der Waals surface area contributed by atoms with Gasteiger partial charge < -0.3 is 9.84 Å². The van der Waals surface area contributed by atoms with E-state index in [9.17, 15) is 9.90 Å². The van der Waals surface area contributed by atoms with Gasteiger partial charge in [-0.25, -0.2) is 4.79 Å². The van der Waals surface area contributed by atoms with E-state index in [1.54, 1.807) is 12.1 Å². The van der Waals surface area contributed by atoms with Gasteiger partial charge in [-0.2, -0.15) is 0 Å². The van der Waals surface area contributed by atoms with Crippen molar-refractivity contribution in [3.8, 4) is 11.1 Å². The minimum atomic E-state index is -0.496. The van der Waals surface area contributed by atoms with Crippen LogP contribution in [0, 0.1) is 6.92 Å². The molecule has 0 spiro atoms. The minimum absolute atomic E-state index is 0.0363. The van der Waals surface area contributed by atoms with Crippen LogP contribution >= 0.6 is 0 Å². The number of amides is 1.